The van der Waals surface area contributed by atoms with Gasteiger partial charge in [0, 0.05) is 22.5 Å². The first-order chi connectivity index (χ1) is 8.84. The molecule has 3 rings (SSSR count). The Hall–Kier alpha value is -0.870. The van der Waals surface area contributed by atoms with Crippen molar-refractivity contribution in [1.82, 2.24) is 5.32 Å². The van der Waals surface area contributed by atoms with Crippen molar-refractivity contribution in [2.75, 3.05) is 19.6 Å². The van der Waals surface area contributed by atoms with E-state index < -0.39 is 0 Å². The molecule has 0 bridgehead atoms. The van der Waals surface area contributed by atoms with Crippen molar-refractivity contribution in [2.24, 2.45) is 10.9 Å². The predicted molar refractivity (Wildman–Crippen MR) is 75.9 cm³/mol. The molecule has 2 unspecified atom stereocenters. The number of halogens is 1. The second kappa shape index (κ2) is 5.41. The van der Waals surface area contributed by atoms with Gasteiger partial charge in [0.05, 0.1) is 6.54 Å². The summed E-state index contributed by atoms with van der Waals surface area (Å²) in [5, 5.41) is 3.41. The van der Waals surface area contributed by atoms with Gasteiger partial charge in [0.25, 0.3) is 0 Å². The van der Waals surface area contributed by atoms with Crippen LogP contribution in [0.4, 0.5) is 0 Å². The van der Waals surface area contributed by atoms with Crippen molar-refractivity contribution in [1.29, 1.82) is 0 Å². The van der Waals surface area contributed by atoms with Crippen molar-refractivity contribution in [2.45, 2.75) is 18.9 Å². The molecule has 18 heavy (non-hydrogen) atoms. The Kier molecular flexibility index (Phi) is 3.66. The van der Waals surface area contributed by atoms with Gasteiger partial charge in [0.2, 0.25) is 0 Å². The van der Waals surface area contributed by atoms with Gasteiger partial charge in [0.1, 0.15) is 6.10 Å². The first-order valence-electron chi connectivity index (χ1n) is 6.51. The molecule has 0 spiro atoms. The summed E-state index contributed by atoms with van der Waals surface area (Å²) in [7, 11) is 0. The Bertz CT molecular complexity index is 455. The molecule has 1 saturated heterocycles. The van der Waals surface area contributed by atoms with Gasteiger partial charge in [-0.15, -0.1) is 0 Å². The number of ether oxygens (including phenoxy) is 1. The van der Waals surface area contributed by atoms with Crippen LogP contribution in [-0.4, -0.2) is 25.5 Å². The summed E-state index contributed by atoms with van der Waals surface area (Å²) in [6, 6.07) is 8.23. The fourth-order valence-corrected chi connectivity index (χ4v) is 3.12. The Balaban J connectivity index is 1.68. The van der Waals surface area contributed by atoms with Gasteiger partial charge in [-0.3, -0.25) is 4.99 Å². The SMILES string of the molecule is Brc1ccccc1C1CN=C(C2CCCNC2)O1. The lowest BCUT2D eigenvalue weighted by Gasteiger charge is -2.23. The van der Waals surface area contributed by atoms with Gasteiger partial charge >= 0.3 is 0 Å². The molecule has 96 valence electrons. The Morgan fingerprint density at radius 3 is 3.00 bits per heavy atom. The van der Waals surface area contributed by atoms with Crippen LogP contribution >= 0.6 is 15.9 Å². The van der Waals surface area contributed by atoms with Gasteiger partial charge in [-0.1, -0.05) is 34.1 Å². The van der Waals surface area contributed by atoms with Crippen LogP contribution in [0.2, 0.25) is 0 Å². The van der Waals surface area contributed by atoms with Crippen LogP contribution in [0.3, 0.4) is 0 Å². The molecular weight excluding hydrogens is 292 g/mol. The van der Waals surface area contributed by atoms with E-state index in [0.717, 1.165) is 30.0 Å². The van der Waals surface area contributed by atoms with E-state index in [4.69, 9.17) is 4.74 Å². The van der Waals surface area contributed by atoms with E-state index in [-0.39, 0.29) is 6.10 Å². The zero-order valence-electron chi connectivity index (χ0n) is 10.2. The number of benzene rings is 1. The van der Waals surface area contributed by atoms with Crippen LogP contribution in [0.25, 0.3) is 0 Å². The molecule has 2 heterocycles. The monoisotopic (exact) mass is 308 g/mol. The highest BCUT2D eigenvalue weighted by atomic mass is 79.9. The summed E-state index contributed by atoms with van der Waals surface area (Å²) in [6.45, 7) is 2.87. The van der Waals surface area contributed by atoms with Crippen LogP contribution < -0.4 is 5.32 Å². The van der Waals surface area contributed by atoms with Crippen LogP contribution in [0, 0.1) is 5.92 Å². The molecule has 3 nitrogen and oxygen atoms in total. The fraction of sp³-hybridized carbons (Fsp3) is 0.500. The standard InChI is InChI=1S/C14H17BrN2O/c15-12-6-2-1-5-11(12)13-9-17-14(18-13)10-4-3-7-16-8-10/h1-2,5-6,10,13,16H,3-4,7-9H2. The van der Waals surface area contributed by atoms with Gasteiger partial charge < -0.3 is 10.1 Å². The van der Waals surface area contributed by atoms with Crippen molar-refractivity contribution >= 4 is 21.8 Å². The summed E-state index contributed by atoms with van der Waals surface area (Å²) >= 11 is 3.58. The number of hydrogen-bond donors (Lipinski definition) is 1. The summed E-state index contributed by atoms with van der Waals surface area (Å²) < 4.78 is 7.15. The molecule has 1 aromatic rings. The zero-order chi connectivity index (χ0) is 12.4. The number of rotatable bonds is 2. The summed E-state index contributed by atoms with van der Waals surface area (Å²) in [5.74, 6) is 1.41. The Morgan fingerprint density at radius 2 is 2.22 bits per heavy atom. The maximum Gasteiger partial charge on any atom is 0.188 e. The highest BCUT2D eigenvalue weighted by molar-refractivity contribution is 9.10. The third-order valence-corrected chi connectivity index (χ3v) is 4.30. The molecule has 2 aliphatic rings. The highest BCUT2D eigenvalue weighted by Gasteiger charge is 2.29. The number of nitrogens with one attached hydrogen (secondary N) is 1. The number of hydrogen-bond acceptors (Lipinski definition) is 3. The molecular formula is C14H17BrN2O. The number of aliphatic imine (C=N–C) groups is 1. The topological polar surface area (TPSA) is 33.6 Å². The highest BCUT2D eigenvalue weighted by Crippen LogP contribution is 2.31. The van der Waals surface area contributed by atoms with E-state index in [1.54, 1.807) is 0 Å². The molecule has 1 aromatic carbocycles. The second-order valence-corrected chi connectivity index (χ2v) is 5.70. The third-order valence-electron chi connectivity index (χ3n) is 3.57. The maximum absolute atomic E-state index is 6.05. The molecule has 0 aromatic heterocycles. The average Bonchev–Trinajstić information content (AvgIpc) is 2.90. The van der Waals surface area contributed by atoms with Gasteiger partial charge in [0.15, 0.2) is 5.90 Å². The predicted octanol–water partition coefficient (Wildman–Crippen LogP) is 2.92. The van der Waals surface area contributed by atoms with Crippen molar-refractivity contribution in [3.63, 3.8) is 0 Å². The number of piperidine rings is 1. The molecule has 2 aliphatic heterocycles. The Labute approximate surface area is 116 Å². The van der Waals surface area contributed by atoms with Crippen LogP contribution in [0.5, 0.6) is 0 Å². The maximum atomic E-state index is 6.05. The van der Waals surface area contributed by atoms with Crippen molar-refractivity contribution in [3.05, 3.63) is 34.3 Å². The molecule has 0 radical (unpaired) electrons. The first-order valence-corrected chi connectivity index (χ1v) is 7.30. The number of nitrogens with zero attached hydrogens (tertiary/aromatic N) is 1. The molecule has 2 atom stereocenters. The van der Waals surface area contributed by atoms with Gasteiger partial charge in [-0.05, 0) is 25.5 Å². The minimum atomic E-state index is 0.0810. The van der Waals surface area contributed by atoms with E-state index in [1.807, 2.05) is 12.1 Å². The van der Waals surface area contributed by atoms with Crippen molar-refractivity contribution < 1.29 is 4.74 Å². The average molecular weight is 309 g/mol. The van der Waals surface area contributed by atoms with Crippen LogP contribution in [-0.2, 0) is 4.74 Å². The quantitative estimate of drug-likeness (QED) is 0.911. The molecule has 0 aliphatic carbocycles. The first kappa shape index (κ1) is 12.2. The summed E-state index contributed by atoms with van der Waals surface area (Å²) in [5.41, 5.74) is 1.19. The summed E-state index contributed by atoms with van der Waals surface area (Å²) in [4.78, 5) is 4.59. The minimum absolute atomic E-state index is 0.0810. The normalized spacial score (nSPS) is 27.7. The molecule has 0 amide bonds. The lowest BCUT2D eigenvalue weighted by atomic mass is 10.00. The second-order valence-electron chi connectivity index (χ2n) is 4.85. The minimum Gasteiger partial charge on any atom is -0.471 e. The zero-order valence-corrected chi connectivity index (χ0v) is 11.8. The lowest BCUT2D eigenvalue weighted by Crippen LogP contribution is -2.34. The molecule has 1 fully saturated rings. The molecule has 1 N–H and O–H groups in total. The van der Waals surface area contributed by atoms with Crippen LogP contribution in [0.1, 0.15) is 24.5 Å². The van der Waals surface area contributed by atoms with E-state index in [2.05, 4.69) is 38.4 Å². The molecule has 0 saturated carbocycles. The smallest absolute Gasteiger partial charge is 0.188 e. The largest absolute Gasteiger partial charge is 0.471 e. The lowest BCUT2D eigenvalue weighted by molar-refractivity contribution is 0.208. The van der Waals surface area contributed by atoms with Gasteiger partial charge in [-0.2, -0.15) is 0 Å². The van der Waals surface area contributed by atoms with Gasteiger partial charge in [-0.25, -0.2) is 0 Å². The van der Waals surface area contributed by atoms with E-state index in [9.17, 15) is 0 Å². The van der Waals surface area contributed by atoms with Crippen molar-refractivity contribution in [3.8, 4) is 0 Å². The van der Waals surface area contributed by atoms with Crippen LogP contribution in [0.15, 0.2) is 33.7 Å². The Morgan fingerprint density at radius 1 is 1.33 bits per heavy atom. The third kappa shape index (κ3) is 2.45. The van der Waals surface area contributed by atoms with E-state index in [1.165, 1.54) is 18.4 Å². The molecule has 4 heteroatoms. The van der Waals surface area contributed by atoms with E-state index >= 15 is 0 Å². The van der Waals surface area contributed by atoms with E-state index in [0.29, 0.717) is 5.92 Å². The summed E-state index contributed by atoms with van der Waals surface area (Å²) in [6.07, 6.45) is 2.49. The fourth-order valence-electron chi connectivity index (χ4n) is 2.58.